The molecular formula is C5H8Cl2Si. The Labute approximate surface area is 60.5 Å². The Kier molecular flexibility index (Phi) is 3.45. The van der Waals surface area contributed by atoms with Gasteiger partial charge in [-0.2, -0.15) is 11.1 Å². The van der Waals surface area contributed by atoms with Crippen molar-refractivity contribution in [1.82, 2.24) is 0 Å². The summed E-state index contributed by atoms with van der Waals surface area (Å²) in [5.74, 6) is 0. The quantitative estimate of drug-likeness (QED) is 0.344. The first-order valence-corrected chi connectivity index (χ1v) is 6.11. The summed E-state index contributed by atoms with van der Waals surface area (Å²) >= 11 is 11.4. The van der Waals surface area contributed by atoms with Gasteiger partial charge in [-0.25, -0.2) is 0 Å². The van der Waals surface area contributed by atoms with Crippen LogP contribution in [0.2, 0.25) is 0 Å². The van der Waals surface area contributed by atoms with Crippen LogP contribution in [0.15, 0.2) is 24.6 Å². The topological polar surface area (TPSA) is 0 Å². The molecule has 0 saturated carbocycles. The van der Waals surface area contributed by atoms with Crippen molar-refractivity contribution >= 4 is 30.1 Å². The van der Waals surface area contributed by atoms with Crippen molar-refractivity contribution in [2.24, 2.45) is 0 Å². The maximum atomic E-state index is 5.86. The lowest BCUT2D eigenvalue weighted by atomic mass is 11.2. The monoisotopic (exact) mass is 166 g/mol. The smallest absolute Gasteiger partial charge is 0.155 e. The minimum atomic E-state index is -1.91. The number of rotatable bonds is 3. The van der Waals surface area contributed by atoms with E-state index < -0.39 is 7.38 Å². The van der Waals surface area contributed by atoms with Crippen LogP contribution in [-0.2, 0) is 0 Å². The van der Waals surface area contributed by atoms with E-state index in [1.54, 1.807) is 11.4 Å². The molecule has 0 aromatic rings. The summed E-state index contributed by atoms with van der Waals surface area (Å²) in [4.78, 5) is 0. The van der Waals surface area contributed by atoms with E-state index in [-0.39, 0.29) is 0 Å². The third kappa shape index (κ3) is 2.03. The van der Waals surface area contributed by atoms with E-state index in [0.29, 0.717) is 5.50 Å². The predicted molar refractivity (Wildman–Crippen MR) is 42.7 cm³/mol. The number of hydrogen-bond donors (Lipinski definition) is 0. The number of halogens is 2. The second kappa shape index (κ2) is 3.33. The van der Waals surface area contributed by atoms with E-state index >= 15 is 0 Å². The Morgan fingerprint density at radius 1 is 1.38 bits per heavy atom. The van der Waals surface area contributed by atoms with Crippen molar-refractivity contribution in [3.8, 4) is 0 Å². The molecule has 0 N–H and O–H groups in total. The summed E-state index contributed by atoms with van der Waals surface area (Å²) in [7, 11) is -1.91. The van der Waals surface area contributed by atoms with Gasteiger partial charge < -0.3 is 0 Å². The van der Waals surface area contributed by atoms with Crippen LogP contribution in [-0.4, -0.2) is 12.9 Å². The molecule has 0 amide bonds. The third-order valence-electron chi connectivity index (χ3n) is 0.883. The fourth-order valence-corrected chi connectivity index (χ4v) is 1.23. The number of alkyl halides is 1. The van der Waals surface area contributed by atoms with Gasteiger partial charge in [-0.05, 0) is 0 Å². The molecule has 0 saturated heterocycles. The molecule has 0 radical (unpaired) electrons. The van der Waals surface area contributed by atoms with Gasteiger partial charge in [0.2, 0.25) is 7.38 Å². The first-order chi connectivity index (χ1) is 3.68. The van der Waals surface area contributed by atoms with Gasteiger partial charge in [0.05, 0.1) is 0 Å². The maximum absolute atomic E-state index is 5.86. The average molecular weight is 167 g/mol. The fourth-order valence-electron chi connectivity index (χ4n) is 0.192. The lowest BCUT2D eigenvalue weighted by Gasteiger charge is -2.08. The van der Waals surface area contributed by atoms with Gasteiger partial charge in [-0.3, -0.25) is 0 Å². The van der Waals surface area contributed by atoms with Gasteiger partial charge >= 0.3 is 0 Å². The SMILES string of the molecule is C=C[Si](Cl)(C=C)CCl. The molecule has 0 aliphatic rings. The zero-order valence-electron chi connectivity index (χ0n) is 4.53. The first kappa shape index (κ1) is 8.28. The summed E-state index contributed by atoms with van der Waals surface area (Å²) in [5, 5.41) is 0. The van der Waals surface area contributed by atoms with E-state index in [9.17, 15) is 0 Å². The molecule has 0 rings (SSSR count). The minimum Gasteiger partial charge on any atom is -0.155 e. The zero-order valence-corrected chi connectivity index (χ0v) is 7.04. The van der Waals surface area contributed by atoms with Crippen molar-refractivity contribution < 1.29 is 0 Å². The Hall–Kier alpha value is 0.277. The van der Waals surface area contributed by atoms with Crippen LogP contribution in [0.5, 0.6) is 0 Å². The second-order valence-electron chi connectivity index (χ2n) is 1.47. The molecule has 0 bridgehead atoms. The summed E-state index contributed by atoms with van der Waals surface area (Å²) in [6.07, 6.45) is 0. The molecule has 0 aromatic carbocycles. The largest absolute Gasteiger partial charge is 0.216 e. The molecule has 3 heteroatoms. The van der Waals surface area contributed by atoms with Crippen LogP contribution >= 0.6 is 22.7 Å². The highest BCUT2D eigenvalue weighted by atomic mass is 35.6. The van der Waals surface area contributed by atoms with Crippen LogP contribution in [0.3, 0.4) is 0 Å². The summed E-state index contributed by atoms with van der Waals surface area (Å²) in [5.41, 5.74) is 3.87. The highest BCUT2D eigenvalue weighted by Crippen LogP contribution is 2.12. The molecule has 0 aromatic heterocycles. The molecule has 0 spiro atoms. The second-order valence-corrected chi connectivity index (χ2v) is 7.32. The van der Waals surface area contributed by atoms with Crippen LogP contribution in [0, 0.1) is 0 Å². The normalized spacial score (nSPS) is 10.8. The molecule has 0 unspecified atom stereocenters. The Morgan fingerprint density at radius 3 is 1.75 bits per heavy atom. The molecule has 46 valence electrons. The van der Waals surface area contributed by atoms with Crippen LogP contribution in [0.25, 0.3) is 0 Å². The van der Waals surface area contributed by atoms with Gasteiger partial charge in [0, 0.05) is 5.50 Å². The van der Waals surface area contributed by atoms with Crippen molar-refractivity contribution in [3.63, 3.8) is 0 Å². The molecule has 0 atom stereocenters. The lowest BCUT2D eigenvalue weighted by Crippen LogP contribution is -2.23. The van der Waals surface area contributed by atoms with E-state index in [4.69, 9.17) is 22.7 Å². The highest BCUT2D eigenvalue weighted by molar-refractivity contribution is 7.27. The molecule has 0 nitrogen and oxygen atoms in total. The molecule has 0 aliphatic carbocycles. The van der Waals surface area contributed by atoms with Crippen LogP contribution in [0.1, 0.15) is 0 Å². The Morgan fingerprint density at radius 2 is 1.75 bits per heavy atom. The molecular weight excluding hydrogens is 159 g/mol. The molecule has 8 heavy (non-hydrogen) atoms. The first-order valence-electron chi connectivity index (χ1n) is 2.20. The predicted octanol–water partition coefficient (Wildman–Crippen LogP) is 2.40. The Balaban J connectivity index is 3.96. The van der Waals surface area contributed by atoms with E-state index in [1.165, 1.54) is 0 Å². The van der Waals surface area contributed by atoms with Gasteiger partial charge in [0.1, 0.15) is 0 Å². The van der Waals surface area contributed by atoms with Crippen molar-refractivity contribution in [2.75, 3.05) is 5.50 Å². The fraction of sp³-hybridized carbons (Fsp3) is 0.200. The van der Waals surface area contributed by atoms with Gasteiger partial charge in [0.15, 0.2) is 0 Å². The molecule has 0 fully saturated rings. The molecule has 0 heterocycles. The van der Waals surface area contributed by atoms with Gasteiger partial charge in [-0.1, -0.05) is 11.4 Å². The highest BCUT2D eigenvalue weighted by Gasteiger charge is 2.20. The zero-order chi connectivity index (χ0) is 6.62. The van der Waals surface area contributed by atoms with E-state index in [0.717, 1.165) is 0 Å². The average Bonchev–Trinajstić information content (AvgIpc) is 1.87. The maximum Gasteiger partial charge on any atom is 0.216 e. The summed E-state index contributed by atoms with van der Waals surface area (Å²) in [6.45, 7) is 7.10. The van der Waals surface area contributed by atoms with E-state index in [2.05, 4.69) is 13.2 Å². The summed E-state index contributed by atoms with van der Waals surface area (Å²) < 4.78 is 0. The molecule has 0 aliphatic heterocycles. The third-order valence-corrected chi connectivity index (χ3v) is 5.71. The van der Waals surface area contributed by atoms with E-state index in [1.807, 2.05) is 0 Å². The van der Waals surface area contributed by atoms with Gasteiger partial charge in [-0.15, -0.1) is 24.8 Å². The minimum absolute atomic E-state index is 0.460. The van der Waals surface area contributed by atoms with Crippen molar-refractivity contribution in [3.05, 3.63) is 24.6 Å². The van der Waals surface area contributed by atoms with Crippen molar-refractivity contribution in [1.29, 1.82) is 0 Å². The summed E-state index contributed by atoms with van der Waals surface area (Å²) in [6, 6.07) is 0. The number of hydrogen-bond acceptors (Lipinski definition) is 0. The standard InChI is InChI=1S/C5H8Cl2Si/c1-3-8(7,4-2)5-6/h3-4H,1-2,5H2. The van der Waals surface area contributed by atoms with Crippen molar-refractivity contribution in [2.45, 2.75) is 0 Å². The van der Waals surface area contributed by atoms with Gasteiger partial charge in [0.25, 0.3) is 0 Å². The Bertz CT molecular complexity index is 92.6. The van der Waals surface area contributed by atoms with Crippen LogP contribution < -0.4 is 0 Å². The lowest BCUT2D eigenvalue weighted by molar-refractivity contribution is 1.97. The van der Waals surface area contributed by atoms with Crippen LogP contribution in [0.4, 0.5) is 0 Å².